The van der Waals surface area contributed by atoms with Crippen molar-refractivity contribution in [1.29, 1.82) is 0 Å². The quantitative estimate of drug-likeness (QED) is 0.0934. The Hall–Kier alpha value is -2.19. The van der Waals surface area contributed by atoms with Gasteiger partial charge >= 0.3 is 11.9 Å². The van der Waals surface area contributed by atoms with E-state index in [1.165, 1.54) is 5.57 Å². The molecule has 8 aliphatic rings. The highest BCUT2D eigenvalue weighted by Gasteiger charge is 2.79. The van der Waals surface area contributed by atoms with Crippen LogP contribution in [0.25, 0.3) is 0 Å². The molecule has 1 heterocycles. The van der Waals surface area contributed by atoms with Gasteiger partial charge in [0.15, 0.2) is 12.4 Å². The van der Waals surface area contributed by atoms with Crippen molar-refractivity contribution in [2.45, 2.75) is 142 Å². The number of aliphatic carboxylic acids is 2. The minimum atomic E-state index is -1.80. The summed E-state index contributed by atoms with van der Waals surface area (Å²) < 4.78 is 18.3. The Labute approximate surface area is 343 Å². The first kappa shape index (κ1) is 42.5. The van der Waals surface area contributed by atoms with Gasteiger partial charge < -0.3 is 49.9 Å². The maximum atomic E-state index is 14.2. The first-order valence-corrected chi connectivity index (χ1v) is 22.1. The standard InChI is InChI=1S/C46H69NO11/c1-40(2)29-10-14-42(4)36-25(18-26(22-47-6)28(43(29,36)5)20-31(40)57-38-34(51)32(49)33(50)35(58-38)37(52)53)19-30-44(42,13-9-17-48)15-16-46(39(54)55)27(23-56-7)21-41(3)11-8-12-45(30,46)24-41/h8,12,17,19,25-29,31-36,38,47,49-51H,9-11,13-16,18,20-24H2,1-7H3,(H,52,53)(H,54,55). The number of carbonyl (C=O) groups excluding carboxylic acids is 1. The molecular formula is C46H69NO11. The summed E-state index contributed by atoms with van der Waals surface area (Å²) in [6.45, 7) is 13.0. The highest BCUT2D eigenvalue weighted by Crippen LogP contribution is 2.83. The van der Waals surface area contributed by atoms with Gasteiger partial charge in [0.2, 0.25) is 0 Å². The maximum absolute atomic E-state index is 14.2. The highest BCUT2D eigenvalue weighted by molar-refractivity contribution is 5.79. The summed E-state index contributed by atoms with van der Waals surface area (Å²) in [4.78, 5) is 38.7. The zero-order chi connectivity index (χ0) is 42.0. The number of aldehydes is 1. The van der Waals surface area contributed by atoms with Crippen molar-refractivity contribution >= 4 is 18.2 Å². The summed E-state index contributed by atoms with van der Waals surface area (Å²) in [5.74, 6) is -1.33. The van der Waals surface area contributed by atoms with Gasteiger partial charge in [0.05, 0.1) is 18.1 Å². The lowest BCUT2D eigenvalue weighted by molar-refractivity contribution is -0.336. The average molecular weight is 812 g/mol. The van der Waals surface area contributed by atoms with Crippen molar-refractivity contribution in [3.05, 3.63) is 23.8 Å². The number of methoxy groups -OCH3 is 1. The molecule has 18 unspecified atom stereocenters. The molecule has 0 aromatic rings. The van der Waals surface area contributed by atoms with E-state index in [1.54, 1.807) is 7.11 Å². The summed E-state index contributed by atoms with van der Waals surface area (Å²) in [7, 11) is 3.68. The Morgan fingerprint density at radius 1 is 1.02 bits per heavy atom. The fraction of sp³-hybridized carbons (Fsp3) is 0.848. The van der Waals surface area contributed by atoms with Crippen LogP contribution in [-0.2, 0) is 28.6 Å². The molecule has 8 rings (SSSR count). The Kier molecular flexibility index (Phi) is 10.4. The molecule has 58 heavy (non-hydrogen) atoms. The molecule has 7 aliphatic carbocycles. The second kappa shape index (κ2) is 14.2. The van der Waals surface area contributed by atoms with Crippen LogP contribution in [0.3, 0.4) is 0 Å². The van der Waals surface area contributed by atoms with E-state index in [0.717, 1.165) is 51.4 Å². The molecule has 6 fully saturated rings. The first-order chi connectivity index (χ1) is 27.3. The molecule has 0 aromatic heterocycles. The Balaban J connectivity index is 1.27. The molecule has 1 aliphatic heterocycles. The predicted molar refractivity (Wildman–Crippen MR) is 213 cm³/mol. The van der Waals surface area contributed by atoms with Crippen LogP contribution in [-0.4, -0.2) is 108 Å². The summed E-state index contributed by atoms with van der Waals surface area (Å²) in [5, 5.41) is 57.1. The van der Waals surface area contributed by atoms with Gasteiger partial charge in [0.25, 0.3) is 0 Å². The molecule has 0 amide bonds. The van der Waals surface area contributed by atoms with Crippen molar-refractivity contribution in [1.82, 2.24) is 5.32 Å². The number of hydrogen-bond donors (Lipinski definition) is 6. The van der Waals surface area contributed by atoms with Gasteiger partial charge in [0.1, 0.15) is 24.6 Å². The molecule has 6 N–H and O–H groups in total. The summed E-state index contributed by atoms with van der Waals surface area (Å²) in [6, 6.07) is 0. The van der Waals surface area contributed by atoms with E-state index in [-0.39, 0.29) is 57.2 Å². The summed E-state index contributed by atoms with van der Waals surface area (Å²) >= 11 is 0. The molecular weight excluding hydrogens is 743 g/mol. The van der Waals surface area contributed by atoms with E-state index in [9.17, 15) is 39.9 Å². The Morgan fingerprint density at radius 3 is 2.41 bits per heavy atom. The third kappa shape index (κ3) is 5.39. The number of aliphatic hydroxyl groups excluding tert-OH is 3. The van der Waals surface area contributed by atoms with Crippen LogP contribution in [0.5, 0.6) is 0 Å². The van der Waals surface area contributed by atoms with Crippen LogP contribution in [0.1, 0.15) is 105 Å². The monoisotopic (exact) mass is 811 g/mol. The molecule has 1 saturated heterocycles. The zero-order valence-corrected chi connectivity index (χ0v) is 35.6. The molecule has 324 valence electrons. The van der Waals surface area contributed by atoms with E-state index in [0.29, 0.717) is 38.7 Å². The number of carboxylic acids is 2. The summed E-state index contributed by atoms with van der Waals surface area (Å²) in [5.41, 5.74) is -1.79. The number of carbonyl (C=O) groups is 3. The third-order valence-electron chi connectivity index (χ3n) is 19.0. The maximum Gasteiger partial charge on any atom is 0.335 e. The third-order valence-corrected chi connectivity index (χ3v) is 19.0. The number of rotatable bonds is 11. The van der Waals surface area contributed by atoms with E-state index >= 15 is 0 Å². The van der Waals surface area contributed by atoms with Crippen molar-refractivity contribution in [3.63, 3.8) is 0 Å². The van der Waals surface area contributed by atoms with Gasteiger partial charge in [-0.05, 0) is 134 Å². The van der Waals surface area contributed by atoms with Gasteiger partial charge in [-0.25, -0.2) is 4.79 Å². The van der Waals surface area contributed by atoms with Crippen LogP contribution >= 0.6 is 0 Å². The van der Waals surface area contributed by atoms with Crippen LogP contribution < -0.4 is 5.32 Å². The second-order valence-electron chi connectivity index (χ2n) is 21.7. The van der Waals surface area contributed by atoms with E-state index < -0.39 is 65.0 Å². The fourth-order valence-corrected chi connectivity index (χ4v) is 17.1. The lowest BCUT2D eigenvalue weighted by Crippen LogP contribution is -2.74. The fourth-order valence-electron chi connectivity index (χ4n) is 17.1. The van der Waals surface area contributed by atoms with Gasteiger partial charge in [-0.3, -0.25) is 4.79 Å². The van der Waals surface area contributed by atoms with Crippen molar-refractivity contribution in [2.75, 3.05) is 27.3 Å². The highest BCUT2D eigenvalue weighted by atomic mass is 16.7. The van der Waals surface area contributed by atoms with Gasteiger partial charge in [-0.1, -0.05) is 58.4 Å². The smallest absolute Gasteiger partial charge is 0.335 e. The minimum absolute atomic E-state index is 0.0736. The van der Waals surface area contributed by atoms with Crippen molar-refractivity contribution in [2.24, 2.45) is 73.4 Å². The van der Waals surface area contributed by atoms with Crippen molar-refractivity contribution < 1.29 is 54.1 Å². The summed E-state index contributed by atoms with van der Waals surface area (Å²) in [6.07, 6.45) is 7.63. The molecule has 2 bridgehead atoms. The van der Waals surface area contributed by atoms with Crippen molar-refractivity contribution in [3.8, 4) is 0 Å². The first-order valence-electron chi connectivity index (χ1n) is 22.1. The normalized spacial score (nSPS) is 52.3. The number of fused-ring (bicyclic) bond motifs is 3. The molecule has 0 radical (unpaired) electrons. The van der Waals surface area contributed by atoms with Gasteiger partial charge in [-0.2, -0.15) is 0 Å². The van der Waals surface area contributed by atoms with Gasteiger partial charge in [-0.15, -0.1) is 0 Å². The van der Waals surface area contributed by atoms with Crippen LogP contribution in [0.4, 0.5) is 0 Å². The molecule has 12 heteroatoms. The average Bonchev–Trinajstić information content (AvgIpc) is 3.14. The number of carboxylic acid groups (broad SMARTS) is 2. The Bertz CT molecular complexity index is 1730. The number of allylic oxidation sites excluding steroid dienone is 4. The number of ether oxygens (including phenoxy) is 3. The molecule has 5 saturated carbocycles. The Morgan fingerprint density at radius 2 is 1.76 bits per heavy atom. The van der Waals surface area contributed by atoms with E-state index in [1.807, 2.05) is 7.05 Å². The number of aliphatic hydroxyl groups is 3. The SMILES string of the molecule is CNCC1CC2C=C3C45C=CCC(C)(CC(COC)C4(C(=O)O)CCC3(CCC=O)C3(C)CCC4C(C)(C)C(OC6OC(C(=O)O)C(O)C(O)C6O)CC1C4(C)C23)C5. The topological polar surface area (TPSA) is 192 Å². The molecule has 0 aromatic carbocycles. The molecule has 1 spiro atoms. The molecule has 18 atom stereocenters. The predicted octanol–water partition coefficient (Wildman–Crippen LogP) is 4.98. The lowest BCUT2D eigenvalue weighted by Gasteiger charge is -2.78. The molecule has 12 nitrogen and oxygen atoms in total. The van der Waals surface area contributed by atoms with E-state index in [2.05, 4.69) is 58.2 Å². The van der Waals surface area contributed by atoms with Crippen LogP contribution in [0.2, 0.25) is 0 Å². The number of hydrogen-bond acceptors (Lipinski definition) is 10. The zero-order valence-electron chi connectivity index (χ0n) is 35.6. The minimum Gasteiger partial charge on any atom is -0.481 e. The van der Waals surface area contributed by atoms with E-state index in [4.69, 9.17) is 14.2 Å². The van der Waals surface area contributed by atoms with Crippen LogP contribution in [0.15, 0.2) is 23.8 Å². The van der Waals surface area contributed by atoms with Crippen LogP contribution in [0, 0.1) is 73.4 Å². The van der Waals surface area contributed by atoms with Gasteiger partial charge in [0, 0.05) is 24.9 Å². The number of nitrogens with one attached hydrogen (secondary N) is 1. The largest absolute Gasteiger partial charge is 0.481 e. The second-order valence-corrected chi connectivity index (χ2v) is 21.7. The lowest BCUT2D eigenvalue weighted by atomic mass is 9.25.